The fourth-order valence-corrected chi connectivity index (χ4v) is 3.31. The number of hydrogen-bond acceptors (Lipinski definition) is 5. The Bertz CT molecular complexity index is 782. The van der Waals surface area contributed by atoms with Crippen LogP contribution in [0, 0.1) is 0 Å². The summed E-state index contributed by atoms with van der Waals surface area (Å²) in [5.74, 6) is 1.33. The summed E-state index contributed by atoms with van der Waals surface area (Å²) >= 11 is 1.51. The zero-order valence-corrected chi connectivity index (χ0v) is 14.7. The van der Waals surface area contributed by atoms with Gasteiger partial charge in [0, 0.05) is 0 Å². The Morgan fingerprint density at radius 3 is 2.75 bits per heavy atom. The highest BCUT2D eigenvalue weighted by Gasteiger charge is 2.11. The van der Waals surface area contributed by atoms with Gasteiger partial charge in [0.2, 0.25) is 0 Å². The van der Waals surface area contributed by atoms with Crippen molar-refractivity contribution in [1.82, 2.24) is 4.98 Å². The molecule has 1 unspecified atom stereocenters. The molecule has 0 aliphatic heterocycles. The standard InChI is InChI=1S/C19H21NO3S/c1-3-14(21)10-8-13-9-11-16(17(12-13)22-2)23-19-20-15-6-4-5-7-18(15)24-19/h4-7,9,11-12,14,21H,3,8,10H2,1-2H3. The zero-order chi connectivity index (χ0) is 16.9. The van der Waals surface area contributed by atoms with Gasteiger partial charge in [-0.3, -0.25) is 0 Å². The summed E-state index contributed by atoms with van der Waals surface area (Å²) in [4.78, 5) is 4.48. The van der Waals surface area contributed by atoms with Crippen LogP contribution in [0.25, 0.3) is 10.2 Å². The van der Waals surface area contributed by atoms with E-state index < -0.39 is 0 Å². The number of para-hydroxylation sites is 1. The van der Waals surface area contributed by atoms with Crippen molar-refractivity contribution in [2.45, 2.75) is 32.3 Å². The van der Waals surface area contributed by atoms with Crippen LogP contribution in [0.5, 0.6) is 16.7 Å². The van der Waals surface area contributed by atoms with E-state index in [0.29, 0.717) is 16.7 Å². The van der Waals surface area contributed by atoms with Gasteiger partial charge in [0.25, 0.3) is 5.19 Å². The number of thiazole rings is 1. The van der Waals surface area contributed by atoms with E-state index in [-0.39, 0.29) is 6.10 Å². The number of aliphatic hydroxyl groups excluding tert-OH is 1. The molecule has 1 aromatic heterocycles. The molecule has 5 heteroatoms. The Balaban J connectivity index is 1.77. The normalized spacial score (nSPS) is 12.3. The molecule has 126 valence electrons. The van der Waals surface area contributed by atoms with Crippen LogP contribution < -0.4 is 9.47 Å². The quantitative estimate of drug-likeness (QED) is 0.669. The minimum Gasteiger partial charge on any atom is -0.493 e. The monoisotopic (exact) mass is 343 g/mol. The topological polar surface area (TPSA) is 51.6 Å². The van der Waals surface area contributed by atoms with E-state index in [9.17, 15) is 5.11 Å². The lowest BCUT2D eigenvalue weighted by Crippen LogP contribution is -2.05. The second-order valence-electron chi connectivity index (χ2n) is 5.64. The third-order valence-corrected chi connectivity index (χ3v) is 4.85. The summed E-state index contributed by atoms with van der Waals surface area (Å²) in [6.45, 7) is 1.99. The molecule has 0 saturated heterocycles. The number of benzene rings is 2. The molecule has 0 saturated carbocycles. The number of aliphatic hydroxyl groups is 1. The second kappa shape index (κ2) is 7.64. The van der Waals surface area contributed by atoms with Crippen LogP contribution in [0.3, 0.4) is 0 Å². The molecule has 24 heavy (non-hydrogen) atoms. The maximum Gasteiger partial charge on any atom is 0.279 e. The number of nitrogens with zero attached hydrogens (tertiary/aromatic N) is 1. The van der Waals surface area contributed by atoms with Crippen molar-refractivity contribution in [3.8, 4) is 16.7 Å². The molecule has 0 bridgehead atoms. The molecule has 3 rings (SSSR count). The maximum atomic E-state index is 9.70. The van der Waals surface area contributed by atoms with Crippen LogP contribution in [0.1, 0.15) is 25.3 Å². The minimum atomic E-state index is -0.255. The van der Waals surface area contributed by atoms with Crippen molar-refractivity contribution in [2.75, 3.05) is 7.11 Å². The fraction of sp³-hybridized carbons (Fsp3) is 0.316. The SMILES string of the molecule is CCC(O)CCc1ccc(Oc2nc3ccccc3s2)c(OC)c1. The van der Waals surface area contributed by atoms with Crippen molar-refractivity contribution in [3.63, 3.8) is 0 Å². The van der Waals surface area contributed by atoms with Crippen LogP contribution in [-0.4, -0.2) is 23.3 Å². The first-order valence-corrected chi connectivity index (χ1v) is 8.89. The Morgan fingerprint density at radius 1 is 1.17 bits per heavy atom. The Labute approximate surface area is 145 Å². The third kappa shape index (κ3) is 3.86. The van der Waals surface area contributed by atoms with Crippen LogP contribution in [0.4, 0.5) is 0 Å². The lowest BCUT2D eigenvalue weighted by Gasteiger charge is -2.11. The van der Waals surface area contributed by atoms with E-state index in [1.54, 1.807) is 7.11 Å². The van der Waals surface area contributed by atoms with Gasteiger partial charge >= 0.3 is 0 Å². The smallest absolute Gasteiger partial charge is 0.279 e. The molecule has 1 atom stereocenters. The van der Waals surface area contributed by atoms with E-state index in [1.165, 1.54) is 11.3 Å². The summed E-state index contributed by atoms with van der Waals surface area (Å²) in [6.07, 6.45) is 2.08. The van der Waals surface area contributed by atoms with Gasteiger partial charge in [0.05, 0.1) is 23.4 Å². The fourth-order valence-electron chi connectivity index (χ4n) is 2.48. The second-order valence-corrected chi connectivity index (χ2v) is 6.63. The van der Waals surface area contributed by atoms with Crippen molar-refractivity contribution in [3.05, 3.63) is 48.0 Å². The first-order chi connectivity index (χ1) is 11.7. The molecular weight excluding hydrogens is 322 g/mol. The van der Waals surface area contributed by atoms with Gasteiger partial charge in [-0.25, -0.2) is 4.98 Å². The first kappa shape index (κ1) is 16.7. The molecule has 4 nitrogen and oxygen atoms in total. The third-order valence-electron chi connectivity index (χ3n) is 3.94. The van der Waals surface area contributed by atoms with Crippen LogP contribution in [0.2, 0.25) is 0 Å². The van der Waals surface area contributed by atoms with Crippen LogP contribution >= 0.6 is 11.3 Å². The molecule has 0 spiro atoms. The van der Waals surface area contributed by atoms with Crippen molar-refractivity contribution in [1.29, 1.82) is 0 Å². The van der Waals surface area contributed by atoms with Gasteiger partial charge in [0.1, 0.15) is 0 Å². The zero-order valence-electron chi connectivity index (χ0n) is 13.9. The summed E-state index contributed by atoms with van der Waals surface area (Å²) < 4.78 is 12.5. The van der Waals surface area contributed by atoms with E-state index in [0.717, 1.165) is 35.0 Å². The average Bonchev–Trinajstić information content (AvgIpc) is 3.02. The number of hydrogen-bond donors (Lipinski definition) is 1. The van der Waals surface area contributed by atoms with Crippen LogP contribution in [0.15, 0.2) is 42.5 Å². The van der Waals surface area contributed by atoms with Gasteiger partial charge in [-0.2, -0.15) is 0 Å². The van der Waals surface area contributed by atoms with E-state index in [1.807, 2.05) is 49.4 Å². The van der Waals surface area contributed by atoms with E-state index in [4.69, 9.17) is 9.47 Å². The van der Waals surface area contributed by atoms with Gasteiger partial charge < -0.3 is 14.6 Å². The minimum absolute atomic E-state index is 0.255. The van der Waals surface area contributed by atoms with Gasteiger partial charge in [-0.15, -0.1) is 0 Å². The molecule has 0 aliphatic rings. The van der Waals surface area contributed by atoms with E-state index in [2.05, 4.69) is 4.98 Å². The Kier molecular flexibility index (Phi) is 5.33. The highest BCUT2D eigenvalue weighted by Crippen LogP contribution is 2.36. The number of aryl methyl sites for hydroxylation is 1. The van der Waals surface area contributed by atoms with Gasteiger partial charge in [-0.05, 0) is 49.1 Å². The molecule has 0 radical (unpaired) electrons. The molecular formula is C19H21NO3S. The predicted octanol–water partition coefficient (Wildman–Crippen LogP) is 4.80. The van der Waals surface area contributed by atoms with Gasteiger partial charge in [0.15, 0.2) is 11.5 Å². The van der Waals surface area contributed by atoms with Crippen LogP contribution in [-0.2, 0) is 6.42 Å². The average molecular weight is 343 g/mol. The molecule has 0 aliphatic carbocycles. The Hall–Kier alpha value is -2.11. The molecule has 1 N–H and O–H groups in total. The van der Waals surface area contributed by atoms with E-state index >= 15 is 0 Å². The number of methoxy groups -OCH3 is 1. The maximum absolute atomic E-state index is 9.70. The predicted molar refractivity (Wildman–Crippen MR) is 97.3 cm³/mol. The summed E-state index contributed by atoms with van der Waals surface area (Å²) in [6, 6.07) is 13.8. The molecule has 2 aromatic carbocycles. The highest BCUT2D eigenvalue weighted by molar-refractivity contribution is 7.20. The Morgan fingerprint density at radius 2 is 2.00 bits per heavy atom. The van der Waals surface area contributed by atoms with Gasteiger partial charge in [-0.1, -0.05) is 36.5 Å². The number of rotatable bonds is 7. The largest absolute Gasteiger partial charge is 0.493 e. The number of fused-ring (bicyclic) bond motifs is 1. The summed E-state index contributed by atoms with van der Waals surface area (Å²) in [5.41, 5.74) is 2.05. The lowest BCUT2D eigenvalue weighted by atomic mass is 10.1. The lowest BCUT2D eigenvalue weighted by molar-refractivity contribution is 0.160. The highest BCUT2D eigenvalue weighted by atomic mass is 32.1. The summed E-state index contributed by atoms with van der Waals surface area (Å²) in [5, 5.41) is 10.3. The summed E-state index contributed by atoms with van der Waals surface area (Å²) in [7, 11) is 1.63. The molecule has 0 fully saturated rings. The molecule has 1 heterocycles. The molecule has 0 amide bonds. The van der Waals surface area contributed by atoms with Crippen molar-refractivity contribution < 1.29 is 14.6 Å². The number of ether oxygens (including phenoxy) is 2. The van der Waals surface area contributed by atoms with Crippen molar-refractivity contribution >= 4 is 21.6 Å². The number of aromatic nitrogens is 1. The first-order valence-electron chi connectivity index (χ1n) is 8.08. The molecule has 3 aromatic rings. The van der Waals surface area contributed by atoms with Crippen molar-refractivity contribution in [2.24, 2.45) is 0 Å².